The van der Waals surface area contributed by atoms with Gasteiger partial charge in [0, 0.05) is 13.5 Å². The third-order valence-corrected chi connectivity index (χ3v) is 5.07. The zero-order valence-corrected chi connectivity index (χ0v) is 27.7. The Morgan fingerprint density at radius 3 is 1.55 bits per heavy atom. The third kappa shape index (κ3) is 29.9. The highest BCUT2D eigenvalue weighted by atomic mass is 16.3. The second-order valence-electron chi connectivity index (χ2n) is 8.94. The van der Waals surface area contributed by atoms with Gasteiger partial charge >= 0.3 is 0 Å². The number of carbonyl (C=O) groups is 1. The molecular formula is C37H65NO2. The molecule has 0 aliphatic heterocycles. The first kappa shape index (κ1) is 44.4. The normalized spacial score (nSPS) is 11.8. The topological polar surface area (TPSA) is 40.5 Å². The molecule has 2 unspecified atom stereocenters. The number of carbonyl (C=O) groups excluding carboxylic acids is 1. The number of rotatable bonds is 14. The van der Waals surface area contributed by atoms with Gasteiger partial charge in [0.25, 0.3) is 0 Å². The molecule has 0 bridgehead atoms. The number of likely N-dealkylation sites (N-methyl/N-ethyl adjacent to an activating group) is 1. The van der Waals surface area contributed by atoms with E-state index in [4.69, 9.17) is 0 Å². The fraction of sp³-hybridized carbons (Fsp3) is 0.541. The van der Waals surface area contributed by atoms with Crippen LogP contribution >= 0.6 is 0 Å². The first-order chi connectivity index (χ1) is 19.4. The molecular weight excluding hydrogens is 490 g/mol. The SMILES string of the molecule is C=C.CC.CCC.CCC.CCC/C=C\C/C=C\C/C=C\C/C=C\CCC(=O)N(C)C(C)C(O)c1ccccc1. The quantitative estimate of drug-likeness (QED) is 0.232. The van der Waals surface area contributed by atoms with Gasteiger partial charge in [-0.1, -0.05) is 147 Å². The summed E-state index contributed by atoms with van der Waals surface area (Å²) in [4.78, 5) is 14.0. The fourth-order valence-electron chi connectivity index (χ4n) is 2.97. The van der Waals surface area contributed by atoms with E-state index in [1.165, 1.54) is 19.3 Å². The number of hydrogen-bond donors (Lipinski definition) is 1. The van der Waals surface area contributed by atoms with Crippen LogP contribution in [0.1, 0.15) is 125 Å². The van der Waals surface area contributed by atoms with Crippen molar-refractivity contribution in [3.8, 4) is 0 Å². The lowest BCUT2D eigenvalue weighted by Crippen LogP contribution is -2.38. The molecule has 0 aromatic heterocycles. The number of nitrogens with zero attached hydrogens (tertiary/aromatic N) is 1. The van der Waals surface area contributed by atoms with Gasteiger partial charge in [0.15, 0.2) is 0 Å². The van der Waals surface area contributed by atoms with Crippen LogP contribution < -0.4 is 0 Å². The van der Waals surface area contributed by atoms with E-state index in [2.05, 4.69) is 96.4 Å². The number of aliphatic hydroxyl groups excluding tert-OH is 1. The Bertz CT molecular complexity index is 732. The van der Waals surface area contributed by atoms with E-state index in [1.807, 2.05) is 51.1 Å². The molecule has 0 saturated carbocycles. The summed E-state index contributed by atoms with van der Waals surface area (Å²) in [6.45, 7) is 22.6. The molecule has 0 aliphatic carbocycles. The molecule has 1 aromatic rings. The average molecular weight is 556 g/mol. The van der Waals surface area contributed by atoms with Crippen LogP contribution in [0.4, 0.5) is 0 Å². The number of benzene rings is 1. The molecule has 230 valence electrons. The molecule has 1 aromatic carbocycles. The lowest BCUT2D eigenvalue weighted by Gasteiger charge is -2.29. The summed E-state index contributed by atoms with van der Waals surface area (Å²) >= 11 is 0. The molecule has 0 radical (unpaired) electrons. The van der Waals surface area contributed by atoms with Gasteiger partial charge in [0.2, 0.25) is 5.91 Å². The highest BCUT2D eigenvalue weighted by Crippen LogP contribution is 2.20. The van der Waals surface area contributed by atoms with E-state index in [9.17, 15) is 9.90 Å². The number of hydrogen-bond acceptors (Lipinski definition) is 2. The molecule has 1 N–H and O–H groups in total. The van der Waals surface area contributed by atoms with Gasteiger partial charge in [0.05, 0.1) is 12.1 Å². The van der Waals surface area contributed by atoms with Crippen LogP contribution in [-0.2, 0) is 4.79 Å². The number of amides is 1. The Balaban J connectivity index is -0.000000569. The van der Waals surface area contributed by atoms with E-state index in [0.717, 1.165) is 37.7 Å². The Hall–Kier alpha value is -2.65. The van der Waals surface area contributed by atoms with Crippen molar-refractivity contribution in [1.29, 1.82) is 0 Å². The van der Waals surface area contributed by atoms with Gasteiger partial charge in [-0.2, -0.15) is 0 Å². The Kier molecular flexibility index (Phi) is 42.7. The summed E-state index contributed by atoms with van der Waals surface area (Å²) in [6.07, 6.45) is 25.5. The van der Waals surface area contributed by atoms with Crippen molar-refractivity contribution in [2.24, 2.45) is 0 Å². The van der Waals surface area contributed by atoms with E-state index >= 15 is 0 Å². The van der Waals surface area contributed by atoms with Crippen molar-refractivity contribution in [2.75, 3.05) is 7.05 Å². The van der Waals surface area contributed by atoms with Crippen LogP contribution in [0.15, 0.2) is 92.1 Å². The molecule has 0 heterocycles. The number of allylic oxidation sites excluding steroid dienone is 8. The second-order valence-corrected chi connectivity index (χ2v) is 8.94. The predicted molar refractivity (Wildman–Crippen MR) is 183 cm³/mol. The predicted octanol–water partition coefficient (Wildman–Crippen LogP) is 11.2. The van der Waals surface area contributed by atoms with Crippen molar-refractivity contribution >= 4 is 5.91 Å². The van der Waals surface area contributed by atoms with Crippen LogP contribution in [0.2, 0.25) is 0 Å². The maximum absolute atomic E-state index is 12.4. The Morgan fingerprint density at radius 1 is 0.775 bits per heavy atom. The molecule has 3 heteroatoms. The summed E-state index contributed by atoms with van der Waals surface area (Å²) in [5, 5.41) is 10.5. The largest absolute Gasteiger partial charge is 0.386 e. The van der Waals surface area contributed by atoms with Crippen molar-refractivity contribution in [3.63, 3.8) is 0 Å². The minimum Gasteiger partial charge on any atom is -0.386 e. The highest BCUT2D eigenvalue weighted by Gasteiger charge is 2.23. The zero-order valence-electron chi connectivity index (χ0n) is 27.7. The summed E-state index contributed by atoms with van der Waals surface area (Å²) in [6, 6.07) is 9.22. The third-order valence-electron chi connectivity index (χ3n) is 5.07. The average Bonchev–Trinajstić information content (AvgIpc) is 2.99. The zero-order chi connectivity index (χ0) is 31.4. The minimum atomic E-state index is -0.678. The van der Waals surface area contributed by atoms with Crippen molar-refractivity contribution in [3.05, 3.63) is 97.7 Å². The highest BCUT2D eigenvalue weighted by molar-refractivity contribution is 5.76. The maximum Gasteiger partial charge on any atom is 0.222 e. The van der Waals surface area contributed by atoms with Crippen LogP contribution in [0, 0.1) is 0 Å². The first-order valence-corrected chi connectivity index (χ1v) is 15.5. The van der Waals surface area contributed by atoms with E-state index in [-0.39, 0.29) is 11.9 Å². The lowest BCUT2D eigenvalue weighted by molar-refractivity contribution is -0.133. The van der Waals surface area contributed by atoms with E-state index in [1.54, 1.807) is 11.9 Å². The maximum atomic E-state index is 12.4. The van der Waals surface area contributed by atoms with Crippen molar-refractivity contribution in [1.82, 2.24) is 4.90 Å². The molecule has 3 nitrogen and oxygen atoms in total. The Labute approximate surface area is 250 Å². The van der Waals surface area contributed by atoms with Gasteiger partial charge in [-0.15, -0.1) is 13.2 Å². The molecule has 2 atom stereocenters. The van der Waals surface area contributed by atoms with Gasteiger partial charge < -0.3 is 10.0 Å². The van der Waals surface area contributed by atoms with Crippen LogP contribution in [-0.4, -0.2) is 29.0 Å². The Morgan fingerprint density at radius 2 is 1.15 bits per heavy atom. The van der Waals surface area contributed by atoms with Gasteiger partial charge in [-0.3, -0.25) is 4.79 Å². The monoisotopic (exact) mass is 556 g/mol. The number of unbranched alkanes of at least 4 members (excludes halogenated alkanes) is 1. The molecule has 0 spiro atoms. The molecule has 40 heavy (non-hydrogen) atoms. The van der Waals surface area contributed by atoms with Crippen molar-refractivity contribution < 1.29 is 9.90 Å². The van der Waals surface area contributed by atoms with Crippen LogP contribution in [0.25, 0.3) is 0 Å². The van der Waals surface area contributed by atoms with Crippen LogP contribution in [0.5, 0.6) is 0 Å². The van der Waals surface area contributed by atoms with E-state index in [0.29, 0.717) is 6.42 Å². The molecule has 0 aliphatic rings. The van der Waals surface area contributed by atoms with Gasteiger partial charge in [-0.25, -0.2) is 0 Å². The fourth-order valence-corrected chi connectivity index (χ4v) is 2.97. The summed E-state index contributed by atoms with van der Waals surface area (Å²) in [5.74, 6) is 0.0517. The summed E-state index contributed by atoms with van der Waals surface area (Å²) in [7, 11) is 1.76. The van der Waals surface area contributed by atoms with Crippen molar-refractivity contribution in [2.45, 2.75) is 125 Å². The number of aliphatic hydroxyl groups is 1. The molecule has 0 fully saturated rings. The van der Waals surface area contributed by atoms with Gasteiger partial charge in [-0.05, 0) is 44.6 Å². The molecule has 0 saturated heterocycles. The first-order valence-electron chi connectivity index (χ1n) is 15.5. The second kappa shape index (κ2) is 38.5. The minimum absolute atomic E-state index is 0.0517. The smallest absolute Gasteiger partial charge is 0.222 e. The van der Waals surface area contributed by atoms with Crippen LogP contribution in [0.3, 0.4) is 0 Å². The van der Waals surface area contributed by atoms with E-state index < -0.39 is 6.10 Å². The lowest BCUT2D eigenvalue weighted by atomic mass is 10.0. The molecule has 1 rings (SSSR count). The summed E-state index contributed by atoms with van der Waals surface area (Å²) < 4.78 is 0. The summed E-state index contributed by atoms with van der Waals surface area (Å²) in [5.41, 5.74) is 0.833. The van der Waals surface area contributed by atoms with Gasteiger partial charge in [0.1, 0.15) is 0 Å². The molecule has 1 amide bonds. The standard InChI is InChI=1S/C27H39NO2.2C3H8.C2H6.C2H4/c1-4-5-6-7-8-9-10-11-12-13-14-15-16-20-23-26(29)28(3)24(2)27(30)25-21-18-17-19-22-25;2*1-3-2;2*1-2/h6-7,9-10,12-13,15-19,21-22,24,27,30H,4-5,8,11,14,20,23H2,1-3H3;2*3H2,1-2H3;1-2H3;1-2H2/b7-6-,10-9-,13-12-,16-15-;;;;.